The van der Waals surface area contributed by atoms with Crippen molar-refractivity contribution in [2.75, 3.05) is 0 Å². The van der Waals surface area contributed by atoms with Gasteiger partial charge in [0.2, 0.25) is 5.78 Å². The minimum atomic E-state index is -0.469. The quantitative estimate of drug-likeness (QED) is 0.648. The number of rotatable bonds is 3. The summed E-state index contributed by atoms with van der Waals surface area (Å²) in [7, 11) is 0. The maximum absolute atomic E-state index is 12.7. The molecule has 3 nitrogen and oxygen atoms in total. The van der Waals surface area contributed by atoms with Crippen LogP contribution < -0.4 is 0 Å². The molecular weight excluding hydrogens is 219 g/mol. The predicted molar refractivity (Wildman–Crippen MR) is 61.8 cm³/mol. The molecule has 0 saturated carbocycles. The van der Waals surface area contributed by atoms with E-state index in [0.717, 1.165) is 0 Å². The largest absolute Gasteiger partial charge is 0.295 e. The van der Waals surface area contributed by atoms with Crippen LogP contribution in [-0.2, 0) is 0 Å². The molecule has 0 amide bonds. The van der Waals surface area contributed by atoms with Crippen LogP contribution in [0.4, 0.5) is 4.39 Å². The lowest BCUT2D eigenvalue weighted by atomic mass is 10.0. The van der Waals surface area contributed by atoms with Gasteiger partial charge < -0.3 is 0 Å². The van der Waals surface area contributed by atoms with Gasteiger partial charge >= 0.3 is 0 Å². The van der Waals surface area contributed by atoms with Crippen molar-refractivity contribution >= 4 is 11.5 Å². The van der Waals surface area contributed by atoms with Crippen molar-refractivity contribution in [1.82, 2.24) is 4.98 Å². The average molecular weight is 228 g/mol. The Morgan fingerprint density at radius 1 is 1.12 bits per heavy atom. The van der Waals surface area contributed by atoms with Crippen LogP contribution in [-0.4, -0.2) is 16.5 Å². The van der Waals surface area contributed by atoms with Gasteiger partial charge in [0.15, 0.2) is 0 Å². The molecule has 17 heavy (non-hydrogen) atoms. The zero-order chi connectivity index (χ0) is 12.3. The molecule has 2 rings (SSSR count). The Hall–Kier alpha value is -2.36. The summed E-state index contributed by atoms with van der Waals surface area (Å²) in [5.41, 5.74) is 0.390. The van der Waals surface area contributed by atoms with Crippen molar-refractivity contribution in [3.63, 3.8) is 0 Å². The molecule has 0 atom stereocenters. The van der Waals surface area contributed by atoms with Crippen LogP contribution in [0.5, 0.6) is 0 Å². The Labute approximate surface area is 97.5 Å². The van der Waals surface area contributed by atoms with Gasteiger partial charge in [-0.05, 0) is 36.4 Å². The summed E-state index contributed by atoms with van der Waals surface area (Å²) < 4.78 is 12.7. The Bertz CT molecular complexity index is 549. The van der Waals surface area contributed by atoms with E-state index in [2.05, 4.69) is 4.98 Å². The van der Waals surface area contributed by atoms with Crippen molar-refractivity contribution in [3.8, 4) is 0 Å². The number of carbonyl (C=O) groups is 1. The van der Waals surface area contributed by atoms with E-state index in [4.69, 9.17) is 5.41 Å². The number of aromatic nitrogens is 1. The van der Waals surface area contributed by atoms with E-state index in [0.29, 0.717) is 5.69 Å². The highest BCUT2D eigenvalue weighted by atomic mass is 19.1. The smallest absolute Gasteiger partial charge is 0.212 e. The highest BCUT2D eigenvalue weighted by molar-refractivity contribution is 6.49. The summed E-state index contributed by atoms with van der Waals surface area (Å²) in [6, 6.07) is 10.1. The van der Waals surface area contributed by atoms with Gasteiger partial charge in [-0.3, -0.25) is 15.2 Å². The number of halogens is 1. The standard InChI is InChI=1S/C13H9FN2O/c14-10-6-4-9(5-7-10)13(17)12(15)11-3-1-2-8-16-11/h1-8,15H. The summed E-state index contributed by atoms with van der Waals surface area (Å²) in [5.74, 6) is -0.880. The Morgan fingerprint density at radius 2 is 1.82 bits per heavy atom. The number of Topliss-reactive ketones (excluding diaryl/α,β-unsaturated/α-hetero) is 1. The number of benzene rings is 1. The van der Waals surface area contributed by atoms with Gasteiger partial charge in [0.1, 0.15) is 11.5 Å². The van der Waals surface area contributed by atoms with Crippen LogP contribution in [0.2, 0.25) is 0 Å². The van der Waals surface area contributed by atoms with Crippen molar-refractivity contribution in [3.05, 3.63) is 65.7 Å². The molecule has 1 N–H and O–H groups in total. The topological polar surface area (TPSA) is 53.8 Å². The maximum Gasteiger partial charge on any atom is 0.212 e. The molecule has 0 spiro atoms. The average Bonchev–Trinajstić information content (AvgIpc) is 2.39. The monoisotopic (exact) mass is 228 g/mol. The number of nitrogens with one attached hydrogen (secondary N) is 1. The first-order valence-electron chi connectivity index (χ1n) is 4.98. The fourth-order valence-corrected chi connectivity index (χ4v) is 1.37. The summed E-state index contributed by atoms with van der Waals surface area (Å²) in [5, 5.41) is 7.72. The van der Waals surface area contributed by atoms with Crippen molar-refractivity contribution in [2.24, 2.45) is 0 Å². The van der Waals surface area contributed by atoms with E-state index >= 15 is 0 Å². The number of pyridine rings is 1. The molecule has 0 aliphatic rings. The second-order valence-electron chi connectivity index (χ2n) is 3.43. The van der Waals surface area contributed by atoms with Crippen molar-refractivity contribution < 1.29 is 9.18 Å². The molecule has 2 aromatic rings. The molecule has 0 aliphatic heterocycles. The fourth-order valence-electron chi connectivity index (χ4n) is 1.37. The van der Waals surface area contributed by atoms with Gasteiger partial charge in [-0.15, -0.1) is 0 Å². The van der Waals surface area contributed by atoms with Crippen molar-refractivity contribution in [2.45, 2.75) is 0 Å². The molecule has 4 heteroatoms. The summed E-state index contributed by atoms with van der Waals surface area (Å²) >= 11 is 0. The second kappa shape index (κ2) is 4.65. The lowest BCUT2D eigenvalue weighted by Crippen LogP contribution is -2.15. The lowest BCUT2D eigenvalue weighted by molar-refractivity contribution is 0.106. The van der Waals surface area contributed by atoms with Crippen LogP contribution in [0.1, 0.15) is 16.1 Å². The van der Waals surface area contributed by atoms with Crippen LogP contribution in [0.15, 0.2) is 48.7 Å². The number of hydrogen-bond acceptors (Lipinski definition) is 3. The van der Waals surface area contributed by atoms with E-state index in [1.54, 1.807) is 18.2 Å². The normalized spacial score (nSPS) is 9.94. The molecule has 0 radical (unpaired) electrons. The molecule has 0 fully saturated rings. The molecule has 0 bridgehead atoms. The van der Waals surface area contributed by atoms with Gasteiger partial charge in [-0.1, -0.05) is 6.07 Å². The van der Waals surface area contributed by atoms with E-state index in [9.17, 15) is 9.18 Å². The highest BCUT2D eigenvalue weighted by Gasteiger charge is 2.14. The molecular formula is C13H9FN2O. The molecule has 0 aliphatic carbocycles. The fraction of sp³-hybridized carbons (Fsp3) is 0. The first-order chi connectivity index (χ1) is 8.18. The zero-order valence-electron chi connectivity index (χ0n) is 8.85. The van der Waals surface area contributed by atoms with Crippen LogP contribution in [0.3, 0.4) is 0 Å². The van der Waals surface area contributed by atoms with E-state index in [-0.39, 0.29) is 11.3 Å². The first kappa shape index (κ1) is 11.1. The van der Waals surface area contributed by atoms with Gasteiger partial charge in [0.05, 0.1) is 5.69 Å². The van der Waals surface area contributed by atoms with E-state index in [1.807, 2.05) is 0 Å². The van der Waals surface area contributed by atoms with Gasteiger partial charge in [-0.25, -0.2) is 4.39 Å². The second-order valence-corrected chi connectivity index (χ2v) is 3.43. The molecule has 1 aromatic carbocycles. The van der Waals surface area contributed by atoms with Crippen LogP contribution in [0, 0.1) is 11.2 Å². The molecule has 0 saturated heterocycles. The van der Waals surface area contributed by atoms with E-state index < -0.39 is 11.6 Å². The molecule has 84 valence electrons. The molecule has 1 aromatic heterocycles. The van der Waals surface area contributed by atoms with Gasteiger partial charge in [0, 0.05) is 11.8 Å². The Balaban J connectivity index is 2.27. The minimum absolute atomic E-state index is 0.197. The Kier molecular flexibility index (Phi) is 3.05. The minimum Gasteiger partial charge on any atom is -0.295 e. The molecule has 0 unspecified atom stereocenters. The summed E-state index contributed by atoms with van der Waals surface area (Å²) in [4.78, 5) is 15.8. The highest BCUT2D eigenvalue weighted by Crippen LogP contribution is 2.07. The first-order valence-corrected chi connectivity index (χ1v) is 4.98. The summed E-state index contributed by atoms with van der Waals surface area (Å²) in [6.07, 6.45) is 1.52. The number of ketones is 1. The number of nitrogens with zero attached hydrogens (tertiary/aromatic N) is 1. The van der Waals surface area contributed by atoms with Crippen LogP contribution in [0.25, 0.3) is 0 Å². The number of hydrogen-bond donors (Lipinski definition) is 1. The third-order valence-corrected chi connectivity index (χ3v) is 2.25. The lowest BCUT2D eigenvalue weighted by Gasteiger charge is -2.02. The third kappa shape index (κ3) is 2.42. The van der Waals surface area contributed by atoms with Gasteiger partial charge in [-0.2, -0.15) is 0 Å². The Morgan fingerprint density at radius 3 is 2.41 bits per heavy atom. The summed E-state index contributed by atoms with van der Waals surface area (Å²) in [6.45, 7) is 0. The zero-order valence-corrected chi connectivity index (χ0v) is 8.85. The maximum atomic E-state index is 12.7. The SMILES string of the molecule is N=C(C(=O)c1ccc(F)cc1)c1ccccn1. The molecule has 1 heterocycles. The van der Waals surface area contributed by atoms with Crippen LogP contribution >= 0.6 is 0 Å². The number of carbonyl (C=O) groups excluding carboxylic acids is 1. The van der Waals surface area contributed by atoms with Gasteiger partial charge in [0.25, 0.3) is 0 Å². The van der Waals surface area contributed by atoms with E-state index in [1.165, 1.54) is 30.5 Å². The third-order valence-electron chi connectivity index (χ3n) is 2.25. The predicted octanol–water partition coefficient (Wildman–Crippen LogP) is 2.47. The van der Waals surface area contributed by atoms with Crippen molar-refractivity contribution in [1.29, 1.82) is 5.41 Å².